The number of hydrogen-bond donors (Lipinski definition) is 1. The molecule has 0 aliphatic rings. The Hall–Kier alpha value is -0.130. The topological polar surface area (TPSA) is 55.4 Å². The van der Waals surface area contributed by atoms with Crippen molar-refractivity contribution in [2.24, 2.45) is 0 Å². The molecule has 0 aliphatic heterocycles. The van der Waals surface area contributed by atoms with Crippen LogP contribution in [-0.2, 0) is 14.8 Å². The second kappa shape index (κ2) is 7.20. The number of hydrogen-bond acceptors (Lipinski definition) is 3. The van der Waals surface area contributed by atoms with Gasteiger partial charge in [0.1, 0.15) is 0 Å². The Morgan fingerprint density at radius 1 is 1.36 bits per heavy atom. The molecule has 1 N–H and O–H groups in total. The monoisotopic (exact) mass is 223 g/mol. The fourth-order valence-corrected chi connectivity index (χ4v) is 2.10. The van der Waals surface area contributed by atoms with Crippen LogP contribution < -0.4 is 4.72 Å². The molecule has 0 fully saturated rings. The van der Waals surface area contributed by atoms with Gasteiger partial charge in [-0.25, -0.2) is 13.1 Å². The molecule has 0 bridgehead atoms. The van der Waals surface area contributed by atoms with Gasteiger partial charge in [-0.1, -0.05) is 6.92 Å². The van der Waals surface area contributed by atoms with Crippen molar-refractivity contribution in [2.75, 3.05) is 18.9 Å². The second-order valence-electron chi connectivity index (χ2n) is 3.49. The molecule has 0 aromatic carbocycles. The maximum atomic E-state index is 11.2. The molecule has 86 valence electrons. The molecule has 0 spiro atoms. The zero-order valence-corrected chi connectivity index (χ0v) is 10.1. The van der Waals surface area contributed by atoms with Gasteiger partial charge in [-0.3, -0.25) is 0 Å². The Kier molecular flexibility index (Phi) is 7.13. The van der Waals surface area contributed by atoms with Crippen LogP contribution in [-0.4, -0.2) is 33.4 Å². The molecular formula is C9H21NO3S. The van der Waals surface area contributed by atoms with E-state index in [9.17, 15) is 8.42 Å². The molecule has 5 heteroatoms. The summed E-state index contributed by atoms with van der Waals surface area (Å²) in [6.07, 6.45) is 1.58. The van der Waals surface area contributed by atoms with E-state index in [0.29, 0.717) is 19.6 Å². The smallest absolute Gasteiger partial charge is 0.211 e. The highest BCUT2D eigenvalue weighted by Gasteiger charge is 2.06. The molecule has 4 nitrogen and oxygen atoms in total. The first kappa shape index (κ1) is 13.9. The largest absolute Gasteiger partial charge is 0.379 e. The standard InChI is InChI=1S/C9H21NO3S/c1-4-8-14(11,12)10-6-5-7-13-9(2)3/h9-10H,4-8H2,1-3H3. The Balaban J connectivity index is 3.45. The quantitative estimate of drug-likeness (QED) is 0.628. The van der Waals surface area contributed by atoms with E-state index in [-0.39, 0.29) is 11.9 Å². The van der Waals surface area contributed by atoms with Crippen molar-refractivity contribution in [1.29, 1.82) is 0 Å². The van der Waals surface area contributed by atoms with Crippen molar-refractivity contribution in [3.8, 4) is 0 Å². The zero-order chi connectivity index (χ0) is 11.0. The van der Waals surface area contributed by atoms with Crippen molar-refractivity contribution in [3.05, 3.63) is 0 Å². The Morgan fingerprint density at radius 3 is 2.50 bits per heavy atom. The first-order chi connectivity index (χ1) is 6.48. The van der Waals surface area contributed by atoms with Crippen LogP contribution in [0.3, 0.4) is 0 Å². The van der Waals surface area contributed by atoms with Gasteiger partial charge in [-0.2, -0.15) is 0 Å². The summed E-state index contributed by atoms with van der Waals surface area (Å²) >= 11 is 0. The average Bonchev–Trinajstić information content (AvgIpc) is 2.02. The maximum Gasteiger partial charge on any atom is 0.211 e. The van der Waals surface area contributed by atoms with Crippen LogP contribution in [0, 0.1) is 0 Å². The summed E-state index contributed by atoms with van der Waals surface area (Å²) in [7, 11) is -3.04. The van der Waals surface area contributed by atoms with Gasteiger partial charge >= 0.3 is 0 Å². The van der Waals surface area contributed by atoms with Crippen LogP contribution >= 0.6 is 0 Å². The van der Waals surface area contributed by atoms with Gasteiger partial charge in [-0.05, 0) is 26.7 Å². The lowest BCUT2D eigenvalue weighted by Gasteiger charge is -2.08. The molecule has 0 unspecified atom stereocenters. The van der Waals surface area contributed by atoms with Crippen LogP contribution in [0.2, 0.25) is 0 Å². The summed E-state index contributed by atoms with van der Waals surface area (Å²) < 4.78 is 30.2. The third-order valence-electron chi connectivity index (χ3n) is 1.57. The Morgan fingerprint density at radius 2 is 2.00 bits per heavy atom. The van der Waals surface area contributed by atoms with Gasteiger partial charge in [-0.15, -0.1) is 0 Å². The van der Waals surface area contributed by atoms with E-state index in [4.69, 9.17) is 4.74 Å². The fourth-order valence-electron chi connectivity index (χ4n) is 0.960. The van der Waals surface area contributed by atoms with E-state index in [0.717, 1.165) is 6.42 Å². The predicted molar refractivity (Wildman–Crippen MR) is 57.8 cm³/mol. The van der Waals surface area contributed by atoms with Crippen molar-refractivity contribution in [1.82, 2.24) is 4.72 Å². The van der Waals surface area contributed by atoms with Crippen LogP contribution in [0.4, 0.5) is 0 Å². The molecule has 0 heterocycles. The molecule has 0 amide bonds. The highest BCUT2D eigenvalue weighted by Crippen LogP contribution is 1.92. The predicted octanol–water partition coefficient (Wildman–Crippen LogP) is 1.13. The van der Waals surface area contributed by atoms with E-state index in [1.54, 1.807) is 0 Å². The van der Waals surface area contributed by atoms with Crippen LogP contribution in [0.5, 0.6) is 0 Å². The Bertz CT molecular complexity index is 224. The minimum atomic E-state index is -3.04. The summed E-state index contributed by atoms with van der Waals surface area (Å²) in [5.74, 6) is 0.206. The van der Waals surface area contributed by atoms with Gasteiger partial charge in [0.15, 0.2) is 0 Å². The molecule has 0 aliphatic carbocycles. The lowest BCUT2D eigenvalue weighted by molar-refractivity contribution is 0.0778. The van der Waals surface area contributed by atoms with Crippen molar-refractivity contribution in [3.63, 3.8) is 0 Å². The summed E-state index contributed by atoms with van der Waals surface area (Å²) in [5, 5.41) is 0. The number of rotatable bonds is 8. The molecule has 0 aromatic rings. The van der Waals surface area contributed by atoms with Gasteiger partial charge < -0.3 is 4.74 Å². The van der Waals surface area contributed by atoms with Gasteiger partial charge in [0.25, 0.3) is 0 Å². The van der Waals surface area contributed by atoms with Crippen molar-refractivity contribution < 1.29 is 13.2 Å². The van der Waals surface area contributed by atoms with E-state index < -0.39 is 10.0 Å². The molecule has 0 rings (SSSR count). The minimum absolute atomic E-state index is 0.206. The minimum Gasteiger partial charge on any atom is -0.379 e. The summed E-state index contributed by atoms with van der Waals surface area (Å²) in [6, 6.07) is 0. The van der Waals surface area contributed by atoms with E-state index in [1.807, 2.05) is 20.8 Å². The van der Waals surface area contributed by atoms with E-state index >= 15 is 0 Å². The van der Waals surface area contributed by atoms with E-state index in [2.05, 4.69) is 4.72 Å². The van der Waals surface area contributed by atoms with E-state index in [1.165, 1.54) is 0 Å². The third kappa shape index (κ3) is 8.47. The molecule has 0 saturated heterocycles. The summed E-state index contributed by atoms with van der Waals surface area (Å²) in [5.41, 5.74) is 0. The molecule has 14 heavy (non-hydrogen) atoms. The number of sulfonamides is 1. The van der Waals surface area contributed by atoms with Crippen LogP contribution in [0.25, 0.3) is 0 Å². The molecule has 0 atom stereocenters. The maximum absolute atomic E-state index is 11.2. The summed E-state index contributed by atoms with van der Waals surface area (Å²) in [6.45, 7) is 6.84. The second-order valence-corrected chi connectivity index (χ2v) is 5.41. The molecular weight excluding hydrogens is 202 g/mol. The SMILES string of the molecule is CCCS(=O)(=O)NCCCOC(C)C. The third-order valence-corrected chi connectivity index (χ3v) is 3.16. The van der Waals surface area contributed by atoms with Crippen molar-refractivity contribution in [2.45, 2.75) is 39.7 Å². The fraction of sp³-hybridized carbons (Fsp3) is 1.00. The summed E-state index contributed by atoms with van der Waals surface area (Å²) in [4.78, 5) is 0. The number of ether oxygens (including phenoxy) is 1. The van der Waals surface area contributed by atoms with Crippen LogP contribution in [0.15, 0.2) is 0 Å². The molecule has 0 saturated carbocycles. The lowest BCUT2D eigenvalue weighted by Crippen LogP contribution is -2.27. The normalized spacial score (nSPS) is 12.3. The first-order valence-electron chi connectivity index (χ1n) is 5.07. The highest BCUT2D eigenvalue weighted by atomic mass is 32.2. The lowest BCUT2D eigenvalue weighted by atomic mass is 10.4. The van der Waals surface area contributed by atoms with Gasteiger partial charge in [0, 0.05) is 13.2 Å². The molecule has 0 aromatic heterocycles. The van der Waals surface area contributed by atoms with Crippen LogP contribution in [0.1, 0.15) is 33.6 Å². The van der Waals surface area contributed by atoms with Gasteiger partial charge in [0.05, 0.1) is 11.9 Å². The number of nitrogens with one attached hydrogen (secondary N) is 1. The highest BCUT2D eigenvalue weighted by molar-refractivity contribution is 7.89. The average molecular weight is 223 g/mol. The first-order valence-corrected chi connectivity index (χ1v) is 6.72. The molecule has 0 radical (unpaired) electrons. The Labute approximate surface area is 87.1 Å². The zero-order valence-electron chi connectivity index (χ0n) is 9.25. The van der Waals surface area contributed by atoms with Crippen molar-refractivity contribution >= 4 is 10.0 Å². The van der Waals surface area contributed by atoms with Gasteiger partial charge in [0.2, 0.25) is 10.0 Å².